The molecule has 0 radical (unpaired) electrons. The molecule has 0 spiro atoms. The first-order valence-corrected chi connectivity index (χ1v) is 55.4. The second-order valence-electron chi connectivity index (χ2n) is 37.7. The van der Waals surface area contributed by atoms with Crippen LogP contribution in [0.1, 0.15) is 0 Å². The molecule has 30 rings (SSSR count). The summed E-state index contributed by atoms with van der Waals surface area (Å²) in [5.74, 6) is 0. The highest BCUT2D eigenvalue weighted by Crippen LogP contribution is 2.54. The number of hydrogen-bond acceptors (Lipinski definition) is 12. The van der Waals surface area contributed by atoms with Gasteiger partial charge in [-0.05, 0) is 276 Å². The summed E-state index contributed by atoms with van der Waals surface area (Å²) in [5.41, 5.74) is 20.6. The van der Waals surface area contributed by atoms with Gasteiger partial charge in [-0.3, -0.25) is 0 Å². The van der Waals surface area contributed by atoms with Gasteiger partial charge in [0.2, 0.25) is 0 Å². The lowest BCUT2D eigenvalue weighted by atomic mass is 10.0. The van der Waals surface area contributed by atoms with Gasteiger partial charge in [-0.2, -0.15) is 0 Å². The number of nitrogens with zero attached hydrogens (tertiary/aromatic N) is 6. The molecule has 6 aromatic heterocycles. The van der Waals surface area contributed by atoms with Crippen molar-refractivity contribution in [1.29, 1.82) is 0 Å². The Bertz CT molecular complexity index is 10200. The van der Waals surface area contributed by atoms with Gasteiger partial charge >= 0.3 is 0 Å². The predicted octanol–water partition coefficient (Wildman–Crippen LogP) is 43.5. The van der Waals surface area contributed by atoms with Crippen molar-refractivity contribution in [1.82, 2.24) is 0 Å². The average Bonchev–Trinajstić information content (AvgIpc) is 1.46. The summed E-state index contributed by atoms with van der Waals surface area (Å²) >= 11 is 11.2. The van der Waals surface area contributed by atoms with Gasteiger partial charge in [-0.1, -0.05) is 291 Å². The fourth-order valence-corrected chi connectivity index (χ4v) is 28.9. The van der Waals surface area contributed by atoms with Gasteiger partial charge in [-0.15, -0.1) is 68.0 Å². The molecule has 0 aliphatic heterocycles. The van der Waals surface area contributed by atoms with Crippen LogP contribution in [0.5, 0.6) is 0 Å². The molecule has 150 heavy (non-hydrogen) atoms. The van der Waals surface area contributed by atoms with E-state index in [0.29, 0.717) is 0 Å². The van der Waals surface area contributed by atoms with E-state index in [1.165, 1.54) is 159 Å². The Kier molecular flexibility index (Phi) is 23.1. The zero-order chi connectivity index (χ0) is 99.1. The minimum atomic E-state index is 1.14. The highest BCUT2D eigenvalue weighted by molar-refractivity contribution is 7.28. The molecule has 0 unspecified atom stereocenters. The Hall–Kier alpha value is -17.8. The molecule has 0 fully saturated rings. The highest BCUT2D eigenvalue weighted by Gasteiger charge is 2.27. The molecular weight excluding hydrogens is 1930 g/mol. The van der Waals surface area contributed by atoms with Crippen LogP contribution in [0.4, 0.5) is 102 Å². The average molecular weight is 2020 g/mol. The van der Waals surface area contributed by atoms with Gasteiger partial charge in [0.25, 0.3) is 0 Å². The summed E-state index contributed by atoms with van der Waals surface area (Å²) in [4.78, 5) is 14.2. The number of benzene rings is 24. The Morgan fingerprint density at radius 1 is 0.107 bits per heavy atom. The van der Waals surface area contributed by atoms with Crippen LogP contribution in [0.2, 0.25) is 0 Å². The topological polar surface area (TPSA) is 19.4 Å². The number of para-hydroxylation sites is 9. The van der Waals surface area contributed by atoms with E-state index in [0.717, 1.165) is 96.7 Å². The van der Waals surface area contributed by atoms with Crippen molar-refractivity contribution in [2.75, 3.05) is 29.4 Å². The molecule has 0 saturated heterocycles. The van der Waals surface area contributed by atoms with Crippen LogP contribution in [-0.4, -0.2) is 0 Å². The second-order valence-corrected chi connectivity index (χ2v) is 44.2. The van der Waals surface area contributed by atoms with E-state index < -0.39 is 0 Å². The molecule has 0 bridgehead atoms. The van der Waals surface area contributed by atoms with E-state index in [1.54, 1.807) is 0 Å². The molecule has 0 aliphatic carbocycles. The lowest BCUT2D eigenvalue weighted by Crippen LogP contribution is -2.10. The molecule has 0 N–H and O–H groups in total. The Labute approximate surface area is 891 Å². The van der Waals surface area contributed by atoms with Crippen LogP contribution >= 0.6 is 68.0 Å². The molecule has 0 saturated carbocycles. The standard InChI is InChI=1S/3C46H30N2S2/c1-4-14-31(15-5-1)47(32-16-6-2-7-17-32)34-25-27-43-40(28-34)37-26-24-35(29-44(37)49-43)48(33-18-8-3-9-19-33)41-30-45-46(38-21-11-10-20-36(38)41)39-22-12-13-23-42(39)50-45;1-4-13-32(14-5-1)47(33-15-6-2-7-16-33)35-22-26-42-40(28-35)39-24-21-37(30-45(39)50-42)48(34-17-8-3-9-18-34)36-23-27-43-41(29-36)46-38-19-11-10-12-31(38)20-25-44(46)49-43;1-4-12-32(13-5-1)47(33-14-6-2-7-15-33)36-24-27-44-42(29-36)39-26-23-37(30-45(39)49-44)48(34-16-8-3-9-17-34)35-22-20-31-21-25-40-38-18-10-11-19-43(38)50-46(40)41(31)28-35/h3*1-30H. The lowest BCUT2D eigenvalue weighted by molar-refractivity contribution is 1.29. The van der Waals surface area contributed by atoms with Gasteiger partial charge in [0, 0.05) is 228 Å². The normalized spacial score (nSPS) is 11.6. The van der Waals surface area contributed by atoms with Gasteiger partial charge < -0.3 is 29.4 Å². The number of anilines is 18. The largest absolute Gasteiger partial charge is 0.310 e. The molecule has 0 atom stereocenters. The lowest BCUT2D eigenvalue weighted by Gasteiger charge is -2.27. The predicted molar refractivity (Wildman–Crippen MR) is 657 cm³/mol. The molecule has 708 valence electrons. The summed E-state index contributed by atoms with van der Waals surface area (Å²) in [5, 5.41) is 23.3. The molecule has 12 heteroatoms. The van der Waals surface area contributed by atoms with E-state index in [9.17, 15) is 0 Å². The molecule has 24 aromatic carbocycles. The molecular formula is C138H90N6S6. The van der Waals surface area contributed by atoms with Crippen LogP contribution < -0.4 is 29.4 Å². The van der Waals surface area contributed by atoms with E-state index in [4.69, 9.17) is 0 Å². The fraction of sp³-hybridized carbons (Fsp3) is 0. The quantitative estimate of drug-likeness (QED) is 0.0847. The monoisotopic (exact) mass is 2020 g/mol. The van der Waals surface area contributed by atoms with E-state index in [-0.39, 0.29) is 0 Å². The Morgan fingerprint density at radius 3 is 0.767 bits per heavy atom. The van der Waals surface area contributed by atoms with Gasteiger partial charge in [0.15, 0.2) is 0 Å². The first kappa shape index (κ1) is 89.8. The number of fused-ring (bicyclic) bond motifs is 24. The van der Waals surface area contributed by atoms with Gasteiger partial charge in [0.1, 0.15) is 0 Å². The van der Waals surface area contributed by atoms with Crippen molar-refractivity contribution in [3.05, 3.63) is 546 Å². The summed E-state index contributed by atoms with van der Waals surface area (Å²) in [6, 6.07) is 198. The van der Waals surface area contributed by atoms with E-state index in [2.05, 4.69) is 575 Å². The third-order valence-electron chi connectivity index (χ3n) is 28.8. The third kappa shape index (κ3) is 16.4. The van der Waals surface area contributed by atoms with Crippen molar-refractivity contribution in [3.63, 3.8) is 0 Å². The maximum absolute atomic E-state index is 2.44. The van der Waals surface area contributed by atoms with Gasteiger partial charge in [-0.25, -0.2) is 0 Å². The first-order valence-electron chi connectivity index (χ1n) is 50.5. The second kappa shape index (κ2) is 38.5. The van der Waals surface area contributed by atoms with Crippen molar-refractivity contribution in [2.24, 2.45) is 0 Å². The van der Waals surface area contributed by atoms with Crippen LogP contribution in [0, 0.1) is 0 Å². The molecule has 6 nitrogen and oxygen atoms in total. The molecule has 0 amide bonds. The molecule has 30 aromatic rings. The number of hydrogen-bond donors (Lipinski definition) is 0. The van der Waals surface area contributed by atoms with E-state index in [1.807, 2.05) is 68.0 Å². The van der Waals surface area contributed by atoms with Crippen LogP contribution in [0.15, 0.2) is 546 Å². The minimum absolute atomic E-state index is 1.14. The zero-order valence-corrected chi connectivity index (χ0v) is 86.0. The van der Waals surface area contributed by atoms with E-state index >= 15 is 0 Å². The summed E-state index contributed by atoms with van der Waals surface area (Å²) < 4.78 is 15.6. The first-order chi connectivity index (χ1) is 74.4. The van der Waals surface area contributed by atoms with Crippen LogP contribution in [-0.2, 0) is 0 Å². The molecule has 0 aliphatic rings. The fourth-order valence-electron chi connectivity index (χ4n) is 22.0. The van der Waals surface area contributed by atoms with Crippen molar-refractivity contribution >= 4 is 324 Å². The van der Waals surface area contributed by atoms with Crippen LogP contribution in [0.25, 0.3) is 153 Å². The van der Waals surface area contributed by atoms with Crippen molar-refractivity contribution in [2.45, 2.75) is 0 Å². The smallest absolute Gasteiger partial charge is 0.0554 e. The van der Waals surface area contributed by atoms with Crippen molar-refractivity contribution in [3.8, 4) is 0 Å². The maximum atomic E-state index is 2.44. The minimum Gasteiger partial charge on any atom is -0.310 e. The van der Waals surface area contributed by atoms with Gasteiger partial charge in [0.05, 0.1) is 5.69 Å². The van der Waals surface area contributed by atoms with Crippen LogP contribution in [0.3, 0.4) is 0 Å². The third-order valence-corrected chi connectivity index (χ3v) is 35.7. The summed E-state index contributed by atoms with van der Waals surface area (Å²) in [6.07, 6.45) is 0. The SMILES string of the molecule is c1ccc(N(c2ccccc2)c2ccc3sc4cc(N(c5ccccc5)c5cc6sc7ccccc7c6c6ccccc56)ccc4c3c2)cc1.c1ccc(N(c2ccccc2)c2ccc3sc4cc(N(c5ccccc5)c5ccc6ccc7c8ccccc8sc7c6c5)ccc4c3c2)cc1.c1ccc(N(c2ccccc2)c2ccc3sc4cc(N(c5ccccc5)c5ccc6sc7ccc8ccccc8c7c6c5)ccc4c3c2)cc1. The maximum Gasteiger partial charge on any atom is 0.0554 e. The Morgan fingerprint density at radius 2 is 0.347 bits per heavy atom. The summed E-state index contributed by atoms with van der Waals surface area (Å²) in [7, 11) is 0. The Balaban J connectivity index is 0.000000108. The molecule has 6 heterocycles. The number of rotatable bonds is 18. The number of thiophene rings is 6. The zero-order valence-electron chi connectivity index (χ0n) is 81.1. The van der Waals surface area contributed by atoms with Crippen molar-refractivity contribution < 1.29 is 0 Å². The highest BCUT2D eigenvalue weighted by atomic mass is 32.1. The summed E-state index contributed by atoms with van der Waals surface area (Å²) in [6.45, 7) is 0.